The zero-order valence-electron chi connectivity index (χ0n) is 9.16. The van der Waals surface area contributed by atoms with Crippen LogP contribution in [0.25, 0.3) is 0 Å². The van der Waals surface area contributed by atoms with Crippen LogP contribution in [0, 0.1) is 0 Å². The topological polar surface area (TPSA) is 89.3 Å². The van der Waals surface area contributed by atoms with E-state index >= 15 is 0 Å². The molecule has 0 radical (unpaired) electrons. The first-order valence-electron chi connectivity index (χ1n) is 5.10. The molecular weight excluding hydrogens is 216 g/mol. The molecule has 0 saturated heterocycles. The summed E-state index contributed by atoms with van der Waals surface area (Å²) in [4.78, 5) is 11.0. The number of rotatable bonds is 8. The maximum Gasteiger partial charge on any atom is 0.235 e. The Labute approximate surface area is 91.3 Å². The van der Waals surface area contributed by atoms with E-state index in [1.807, 2.05) is 0 Å². The summed E-state index contributed by atoms with van der Waals surface area (Å²) < 4.78 is 21.5. The number of unbranched alkanes of at least 4 members (excludes halogenated alkanes) is 3. The van der Waals surface area contributed by atoms with Crippen LogP contribution in [0.3, 0.4) is 0 Å². The molecule has 0 aromatic rings. The quantitative estimate of drug-likeness (QED) is 0.565. The van der Waals surface area contributed by atoms with Gasteiger partial charge in [-0.1, -0.05) is 12.8 Å². The molecule has 0 aromatic carbocycles. The van der Waals surface area contributed by atoms with Crippen LogP contribution in [0.5, 0.6) is 0 Å². The maximum atomic E-state index is 11.0. The van der Waals surface area contributed by atoms with Gasteiger partial charge >= 0.3 is 0 Å². The fraction of sp³-hybridized carbons (Fsp3) is 0.889. The molecule has 6 heteroatoms. The highest BCUT2D eigenvalue weighted by Crippen LogP contribution is 1.96. The Morgan fingerprint density at radius 2 is 1.80 bits per heavy atom. The molecule has 0 saturated carbocycles. The van der Waals surface area contributed by atoms with Gasteiger partial charge in [0, 0.05) is 12.8 Å². The fourth-order valence-corrected chi connectivity index (χ4v) is 1.72. The van der Waals surface area contributed by atoms with E-state index in [2.05, 4.69) is 5.32 Å². The van der Waals surface area contributed by atoms with E-state index in [-0.39, 0.29) is 0 Å². The van der Waals surface area contributed by atoms with E-state index in [4.69, 9.17) is 5.73 Å². The van der Waals surface area contributed by atoms with E-state index < -0.39 is 21.5 Å². The molecule has 3 N–H and O–H groups in total. The molecular formula is C9H20N2O3S. The van der Waals surface area contributed by atoms with Crippen molar-refractivity contribution in [2.24, 2.45) is 5.73 Å². The monoisotopic (exact) mass is 236 g/mol. The average molecular weight is 236 g/mol. The number of sulfone groups is 1. The fourth-order valence-electron chi connectivity index (χ4n) is 1.14. The minimum absolute atomic E-state index is 0.420. The second-order valence-electron chi connectivity index (χ2n) is 3.62. The number of carbonyl (C=O) groups excluding carboxylic acids is 1. The van der Waals surface area contributed by atoms with Crippen molar-refractivity contribution < 1.29 is 13.2 Å². The summed E-state index contributed by atoms with van der Waals surface area (Å²) >= 11 is 0. The van der Waals surface area contributed by atoms with Gasteiger partial charge in [-0.2, -0.15) is 0 Å². The van der Waals surface area contributed by atoms with Crippen molar-refractivity contribution in [3.05, 3.63) is 0 Å². The van der Waals surface area contributed by atoms with Gasteiger partial charge < -0.3 is 11.1 Å². The lowest BCUT2D eigenvalue weighted by Gasteiger charge is -2.03. The Morgan fingerprint density at radius 1 is 1.20 bits per heavy atom. The highest BCUT2D eigenvalue weighted by molar-refractivity contribution is 7.91. The van der Waals surface area contributed by atoms with Crippen molar-refractivity contribution in [2.45, 2.75) is 25.7 Å². The molecule has 0 spiro atoms. The zero-order valence-corrected chi connectivity index (χ0v) is 9.98. The summed E-state index contributed by atoms with van der Waals surface area (Å²) in [6.45, 7) is 1.24. The first kappa shape index (κ1) is 14.4. The van der Waals surface area contributed by atoms with Crippen LogP contribution in [0.4, 0.5) is 0 Å². The van der Waals surface area contributed by atoms with Gasteiger partial charge in [0.25, 0.3) is 0 Å². The minimum atomic E-state index is -3.20. The van der Waals surface area contributed by atoms with Gasteiger partial charge in [-0.25, -0.2) is 8.42 Å². The minimum Gasteiger partial charge on any atom is -0.355 e. The van der Waals surface area contributed by atoms with Gasteiger partial charge in [-0.3, -0.25) is 4.79 Å². The number of hydrogen-bond donors (Lipinski definition) is 2. The summed E-state index contributed by atoms with van der Waals surface area (Å²) in [5, 5.41) is 2.57. The van der Waals surface area contributed by atoms with Gasteiger partial charge in [0.05, 0.1) is 0 Å². The van der Waals surface area contributed by atoms with Crippen LogP contribution in [0.2, 0.25) is 0 Å². The SMILES string of the molecule is CS(=O)(=O)CC(=O)NCCCCCCN. The molecule has 0 aliphatic carbocycles. The van der Waals surface area contributed by atoms with Crippen molar-refractivity contribution in [1.29, 1.82) is 0 Å². The summed E-state index contributed by atoms with van der Waals surface area (Å²) in [7, 11) is -3.20. The zero-order chi connectivity index (χ0) is 11.7. The lowest BCUT2D eigenvalue weighted by atomic mass is 10.2. The Bertz CT molecular complexity index is 275. The highest BCUT2D eigenvalue weighted by Gasteiger charge is 2.09. The molecule has 0 fully saturated rings. The summed E-state index contributed by atoms with van der Waals surface area (Å²) in [5.41, 5.74) is 5.32. The molecule has 0 unspecified atom stereocenters. The molecule has 0 aliphatic heterocycles. The van der Waals surface area contributed by atoms with Crippen LogP contribution in [0.1, 0.15) is 25.7 Å². The van der Waals surface area contributed by atoms with Crippen LogP contribution < -0.4 is 11.1 Å². The predicted molar refractivity (Wildman–Crippen MR) is 60.2 cm³/mol. The molecule has 0 bridgehead atoms. The number of nitrogens with one attached hydrogen (secondary N) is 1. The van der Waals surface area contributed by atoms with E-state index in [9.17, 15) is 13.2 Å². The van der Waals surface area contributed by atoms with Gasteiger partial charge in [0.1, 0.15) is 5.75 Å². The number of hydrogen-bond acceptors (Lipinski definition) is 4. The Hall–Kier alpha value is -0.620. The molecule has 0 aromatic heterocycles. The second-order valence-corrected chi connectivity index (χ2v) is 5.76. The third-order valence-electron chi connectivity index (χ3n) is 1.85. The molecule has 0 atom stereocenters. The van der Waals surface area contributed by atoms with E-state index in [1.54, 1.807) is 0 Å². The normalized spacial score (nSPS) is 11.3. The van der Waals surface area contributed by atoms with Crippen molar-refractivity contribution >= 4 is 15.7 Å². The Morgan fingerprint density at radius 3 is 2.33 bits per heavy atom. The van der Waals surface area contributed by atoms with E-state index in [0.29, 0.717) is 13.1 Å². The smallest absolute Gasteiger partial charge is 0.235 e. The molecule has 0 aliphatic rings. The van der Waals surface area contributed by atoms with Crippen molar-refractivity contribution in [1.82, 2.24) is 5.32 Å². The van der Waals surface area contributed by atoms with Crippen molar-refractivity contribution in [3.8, 4) is 0 Å². The standard InChI is InChI=1S/C9H20N2O3S/c1-15(13,14)8-9(12)11-7-5-3-2-4-6-10/h2-8,10H2,1H3,(H,11,12). The predicted octanol–water partition coefficient (Wildman–Crippen LogP) is -0.334. The number of carbonyl (C=O) groups is 1. The molecule has 0 rings (SSSR count). The third-order valence-corrected chi connectivity index (χ3v) is 2.63. The summed E-state index contributed by atoms with van der Waals surface area (Å²) in [6.07, 6.45) is 4.98. The Kier molecular flexibility index (Phi) is 7.33. The molecule has 15 heavy (non-hydrogen) atoms. The molecule has 90 valence electrons. The van der Waals surface area contributed by atoms with Gasteiger partial charge in [-0.15, -0.1) is 0 Å². The molecule has 1 amide bonds. The van der Waals surface area contributed by atoms with Crippen LogP contribution in [-0.2, 0) is 14.6 Å². The number of nitrogens with two attached hydrogens (primary N) is 1. The first-order valence-corrected chi connectivity index (χ1v) is 7.16. The highest BCUT2D eigenvalue weighted by atomic mass is 32.2. The third kappa shape index (κ3) is 11.3. The van der Waals surface area contributed by atoms with Gasteiger partial charge in [0.15, 0.2) is 9.84 Å². The van der Waals surface area contributed by atoms with Crippen LogP contribution >= 0.6 is 0 Å². The largest absolute Gasteiger partial charge is 0.355 e. The lowest BCUT2D eigenvalue weighted by Crippen LogP contribution is -2.30. The Balaban J connectivity index is 3.40. The average Bonchev–Trinajstić information content (AvgIpc) is 2.08. The van der Waals surface area contributed by atoms with E-state index in [1.165, 1.54) is 0 Å². The van der Waals surface area contributed by atoms with Crippen molar-refractivity contribution in [2.75, 3.05) is 25.1 Å². The first-order chi connectivity index (χ1) is 6.95. The molecule has 5 nitrogen and oxygen atoms in total. The van der Waals surface area contributed by atoms with Crippen molar-refractivity contribution in [3.63, 3.8) is 0 Å². The second kappa shape index (κ2) is 7.64. The van der Waals surface area contributed by atoms with Gasteiger partial charge in [-0.05, 0) is 19.4 Å². The van der Waals surface area contributed by atoms with E-state index in [0.717, 1.165) is 31.9 Å². The van der Waals surface area contributed by atoms with Crippen LogP contribution in [-0.4, -0.2) is 39.4 Å². The molecule has 0 heterocycles. The van der Waals surface area contributed by atoms with Gasteiger partial charge in [0.2, 0.25) is 5.91 Å². The summed E-state index contributed by atoms with van der Waals surface area (Å²) in [6, 6.07) is 0. The number of amides is 1. The summed E-state index contributed by atoms with van der Waals surface area (Å²) in [5.74, 6) is -0.841. The van der Waals surface area contributed by atoms with Crippen LogP contribution in [0.15, 0.2) is 0 Å². The lowest BCUT2D eigenvalue weighted by molar-refractivity contribution is -0.118. The maximum absolute atomic E-state index is 11.0.